The van der Waals surface area contributed by atoms with Gasteiger partial charge in [0.25, 0.3) is 0 Å². The molecule has 1 unspecified atom stereocenters. The van der Waals surface area contributed by atoms with Crippen molar-refractivity contribution in [1.82, 2.24) is 10.2 Å². The van der Waals surface area contributed by atoms with E-state index in [1.807, 2.05) is 24.3 Å². The Morgan fingerprint density at radius 2 is 2.33 bits per heavy atom. The number of nitrogens with zero attached hydrogens (tertiary/aromatic N) is 1. The van der Waals surface area contributed by atoms with Crippen LogP contribution in [0.5, 0.6) is 0 Å². The van der Waals surface area contributed by atoms with E-state index in [0.717, 1.165) is 36.5 Å². The molecule has 1 aromatic heterocycles. The molecule has 5 heteroatoms. The standard InChI is InChI=1S/C13H14ClN3O/c14-10-3-1-2-8(6-10)11-12(16-17-13(11)15)9-4-5-18-7-9/h1-3,6,9H,4-5,7H2,(H3,15,16,17). The number of hydrogen-bond donors (Lipinski definition) is 2. The van der Waals surface area contributed by atoms with Crippen LogP contribution in [0.4, 0.5) is 5.82 Å². The van der Waals surface area contributed by atoms with Crippen LogP contribution in [-0.4, -0.2) is 23.4 Å². The summed E-state index contributed by atoms with van der Waals surface area (Å²) < 4.78 is 5.42. The maximum absolute atomic E-state index is 6.03. The molecule has 1 fully saturated rings. The second-order valence-electron chi connectivity index (χ2n) is 4.47. The van der Waals surface area contributed by atoms with E-state index in [0.29, 0.717) is 16.8 Å². The van der Waals surface area contributed by atoms with Gasteiger partial charge in [-0.05, 0) is 24.1 Å². The number of anilines is 1. The Bertz CT molecular complexity index is 561. The van der Waals surface area contributed by atoms with Crippen molar-refractivity contribution in [2.45, 2.75) is 12.3 Å². The van der Waals surface area contributed by atoms with Gasteiger partial charge in [0.2, 0.25) is 0 Å². The lowest BCUT2D eigenvalue weighted by atomic mass is 9.96. The highest BCUT2D eigenvalue weighted by Gasteiger charge is 2.25. The number of nitrogen functional groups attached to an aromatic ring is 1. The Kier molecular flexibility index (Phi) is 2.97. The molecule has 0 amide bonds. The topological polar surface area (TPSA) is 63.9 Å². The van der Waals surface area contributed by atoms with Crippen molar-refractivity contribution in [1.29, 1.82) is 0 Å². The summed E-state index contributed by atoms with van der Waals surface area (Å²) in [4.78, 5) is 0. The number of H-pyrrole nitrogens is 1. The van der Waals surface area contributed by atoms with E-state index in [1.54, 1.807) is 0 Å². The van der Waals surface area contributed by atoms with Crippen molar-refractivity contribution in [2.24, 2.45) is 0 Å². The molecule has 2 aromatic rings. The number of ether oxygens (including phenoxy) is 1. The summed E-state index contributed by atoms with van der Waals surface area (Å²) in [6.45, 7) is 1.51. The highest BCUT2D eigenvalue weighted by Crippen LogP contribution is 2.36. The van der Waals surface area contributed by atoms with Crippen LogP contribution in [0.2, 0.25) is 5.02 Å². The van der Waals surface area contributed by atoms with Gasteiger partial charge in [0.15, 0.2) is 5.82 Å². The first-order valence-electron chi connectivity index (χ1n) is 5.93. The third kappa shape index (κ3) is 1.98. The van der Waals surface area contributed by atoms with Gasteiger partial charge in [0, 0.05) is 23.1 Å². The minimum atomic E-state index is 0.337. The van der Waals surface area contributed by atoms with Crippen LogP contribution in [0.15, 0.2) is 24.3 Å². The Hall–Kier alpha value is -1.52. The van der Waals surface area contributed by atoms with Gasteiger partial charge in [-0.15, -0.1) is 0 Å². The molecule has 3 rings (SSSR count). The molecule has 1 aromatic carbocycles. The van der Waals surface area contributed by atoms with Gasteiger partial charge in [-0.25, -0.2) is 0 Å². The molecule has 0 radical (unpaired) electrons. The molecular weight excluding hydrogens is 250 g/mol. The SMILES string of the molecule is Nc1n[nH]c(C2CCOC2)c1-c1cccc(Cl)c1. The van der Waals surface area contributed by atoms with Crippen LogP contribution in [0, 0.1) is 0 Å². The van der Waals surface area contributed by atoms with E-state index in [2.05, 4.69) is 10.2 Å². The number of rotatable bonds is 2. The smallest absolute Gasteiger partial charge is 0.153 e. The number of nitrogens with two attached hydrogens (primary N) is 1. The van der Waals surface area contributed by atoms with Gasteiger partial charge >= 0.3 is 0 Å². The molecule has 94 valence electrons. The molecule has 0 saturated carbocycles. The quantitative estimate of drug-likeness (QED) is 0.876. The maximum Gasteiger partial charge on any atom is 0.153 e. The van der Waals surface area contributed by atoms with Crippen LogP contribution in [-0.2, 0) is 4.74 Å². The molecule has 1 aliphatic heterocycles. The van der Waals surface area contributed by atoms with E-state index >= 15 is 0 Å². The minimum absolute atomic E-state index is 0.337. The zero-order valence-electron chi connectivity index (χ0n) is 9.82. The Balaban J connectivity index is 2.07. The largest absolute Gasteiger partial charge is 0.382 e. The Morgan fingerprint density at radius 3 is 3.06 bits per heavy atom. The van der Waals surface area contributed by atoms with Gasteiger partial charge in [-0.1, -0.05) is 23.7 Å². The molecule has 1 saturated heterocycles. The number of aromatic amines is 1. The van der Waals surface area contributed by atoms with Gasteiger partial charge in [0.1, 0.15) is 0 Å². The summed E-state index contributed by atoms with van der Waals surface area (Å²) in [6, 6.07) is 7.66. The predicted molar refractivity (Wildman–Crippen MR) is 71.6 cm³/mol. The van der Waals surface area contributed by atoms with Crippen molar-refractivity contribution in [2.75, 3.05) is 18.9 Å². The first-order chi connectivity index (χ1) is 8.75. The highest BCUT2D eigenvalue weighted by atomic mass is 35.5. The average molecular weight is 264 g/mol. The van der Waals surface area contributed by atoms with Crippen molar-refractivity contribution in [3.8, 4) is 11.1 Å². The molecule has 0 bridgehead atoms. The third-order valence-electron chi connectivity index (χ3n) is 3.27. The fourth-order valence-corrected chi connectivity index (χ4v) is 2.57. The molecular formula is C13H14ClN3O. The van der Waals surface area contributed by atoms with Crippen molar-refractivity contribution in [3.63, 3.8) is 0 Å². The monoisotopic (exact) mass is 263 g/mol. The van der Waals surface area contributed by atoms with Gasteiger partial charge in [-0.3, -0.25) is 5.10 Å². The number of hydrogen-bond acceptors (Lipinski definition) is 3. The molecule has 0 aliphatic carbocycles. The first-order valence-corrected chi connectivity index (χ1v) is 6.31. The highest BCUT2D eigenvalue weighted by molar-refractivity contribution is 6.30. The normalized spacial score (nSPS) is 19.3. The lowest BCUT2D eigenvalue weighted by molar-refractivity contribution is 0.193. The van der Waals surface area contributed by atoms with E-state index in [4.69, 9.17) is 22.1 Å². The van der Waals surface area contributed by atoms with Crippen LogP contribution in [0.1, 0.15) is 18.0 Å². The third-order valence-corrected chi connectivity index (χ3v) is 3.51. The lowest BCUT2D eigenvalue weighted by Crippen LogP contribution is -2.00. The van der Waals surface area contributed by atoms with Gasteiger partial charge in [-0.2, -0.15) is 5.10 Å². The second-order valence-corrected chi connectivity index (χ2v) is 4.90. The summed E-state index contributed by atoms with van der Waals surface area (Å²) in [5.41, 5.74) is 8.96. The summed E-state index contributed by atoms with van der Waals surface area (Å²) in [6.07, 6.45) is 0.995. The fraction of sp³-hybridized carbons (Fsp3) is 0.308. The molecule has 1 atom stereocenters. The van der Waals surface area contributed by atoms with E-state index < -0.39 is 0 Å². The molecule has 0 spiro atoms. The van der Waals surface area contributed by atoms with Gasteiger partial charge in [0.05, 0.1) is 12.3 Å². The summed E-state index contributed by atoms with van der Waals surface area (Å²) >= 11 is 6.03. The average Bonchev–Trinajstić information content (AvgIpc) is 2.97. The minimum Gasteiger partial charge on any atom is -0.382 e. The van der Waals surface area contributed by atoms with Crippen molar-refractivity contribution in [3.05, 3.63) is 35.0 Å². The van der Waals surface area contributed by atoms with Crippen LogP contribution < -0.4 is 5.73 Å². The zero-order chi connectivity index (χ0) is 12.5. The zero-order valence-corrected chi connectivity index (χ0v) is 10.6. The number of benzene rings is 1. The molecule has 4 nitrogen and oxygen atoms in total. The van der Waals surface area contributed by atoms with Crippen LogP contribution in [0.3, 0.4) is 0 Å². The molecule has 3 N–H and O–H groups in total. The Labute approximate surface area is 110 Å². The summed E-state index contributed by atoms with van der Waals surface area (Å²) in [7, 11) is 0. The number of aromatic nitrogens is 2. The molecule has 2 heterocycles. The number of nitrogens with one attached hydrogen (secondary N) is 1. The van der Waals surface area contributed by atoms with Crippen molar-refractivity contribution < 1.29 is 4.74 Å². The van der Waals surface area contributed by atoms with Crippen LogP contribution >= 0.6 is 11.6 Å². The van der Waals surface area contributed by atoms with Crippen LogP contribution in [0.25, 0.3) is 11.1 Å². The molecule has 18 heavy (non-hydrogen) atoms. The van der Waals surface area contributed by atoms with Crippen molar-refractivity contribution >= 4 is 17.4 Å². The van der Waals surface area contributed by atoms with E-state index in [9.17, 15) is 0 Å². The predicted octanol–water partition coefficient (Wildman–Crippen LogP) is 2.82. The van der Waals surface area contributed by atoms with E-state index in [1.165, 1.54) is 0 Å². The van der Waals surface area contributed by atoms with Gasteiger partial charge < -0.3 is 10.5 Å². The summed E-state index contributed by atoms with van der Waals surface area (Å²) in [5, 5.41) is 7.85. The lowest BCUT2D eigenvalue weighted by Gasteiger charge is -2.09. The first kappa shape index (κ1) is 11.6. The molecule has 1 aliphatic rings. The second kappa shape index (κ2) is 4.63. The van der Waals surface area contributed by atoms with E-state index in [-0.39, 0.29) is 0 Å². The fourth-order valence-electron chi connectivity index (χ4n) is 2.38. The number of halogens is 1. The summed E-state index contributed by atoms with van der Waals surface area (Å²) in [5.74, 6) is 0.850. The maximum atomic E-state index is 6.03. The Morgan fingerprint density at radius 1 is 1.44 bits per heavy atom.